The molecule has 0 radical (unpaired) electrons. The number of aromatic nitrogens is 4. The van der Waals surface area contributed by atoms with Crippen molar-refractivity contribution in [2.24, 2.45) is 0 Å². The van der Waals surface area contributed by atoms with E-state index >= 15 is 0 Å². The molecule has 26 heavy (non-hydrogen) atoms. The molecule has 6 heteroatoms. The van der Waals surface area contributed by atoms with Gasteiger partial charge in [0.25, 0.3) is 0 Å². The van der Waals surface area contributed by atoms with Crippen molar-refractivity contribution < 1.29 is 4.42 Å². The molecule has 0 aliphatic carbocycles. The number of H-pyrrole nitrogens is 1. The Labute approximate surface area is 148 Å². The summed E-state index contributed by atoms with van der Waals surface area (Å²) in [6, 6.07) is 13.7. The minimum atomic E-state index is 0.600. The lowest BCUT2D eigenvalue weighted by atomic mass is 10.1. The first-order valence-corrected chi connectivity index (χ1v) is 8.33. The molecule has 126 valence electrons. The van der Waals surface area contributed by atoms with E-state index in [1.807, 2.05) is 48.7 Å². The number of hydrogen-bond acceptors (Lipinski definition) is 5. The second kappa shape index (κ2) is 6.00. The molecule has 0 unspecified atom stereocenters. The number of furan rings is 1. The van der Waals surface area contributed by atoms with Crippen LogP contribution in [0.1, 0.15) is 5.69 Å². The van der Waals surface area contributed by atoms with Gasteiger partial charge in [-0.05, 0) is 36.4 Å². The zero-order valence-corrected chi connectivity index (χ0v) is 13.8. The van der Waals surface area contributed by atoms with Gasteiger partial charge in [-0.1, -0.05) is 6.07 Å². The SMILES string of the molecule is c1ccc(CNc2cc(-c3nccc4occc34)c3cc[nH]c3n2)nc1. The Balaban J connectivity index is 1.61. The molecule has 5 aromatic rings. The fourth-order valence-electron chi connectivity index (χ4n) is 3.12. The van der Waals surface area contributed by atoms with E-state index in [-0.39, 0.29) is 0 Å². The van der Waals surface area contributed by atoms with Crippen LogP contribution >= 0.6 is 0 Å². The van der Waals surface area contributed by atoms with E-state index in [2.05, 4.69) is 25.3 Å². The molecule has 6 nitrogen and oxygen atoms in total. The monoisotopic (exact) mass is 341 g/mol. The number of rotatable bonds is 4. The topological polar surface area (TPSA) is 79.6 Å². The van der Waals surface area contributed by atoms with Gasteiger partial charge in [0.2, 0.25) is 0 Å². The summed E-state index contributed by atoms with van der Waals surface area (Å²) in [6.45, 7) is 0.600. The Morgan fingerprint density at radius 3 is 2.92 bits per heavy atom. The Kier molecular flexibility index (Phi) is 3.38. The summed E-state index contributed by atoms with van der Waals surface area (Å²) in [5.41, 5.74) is 4.47. The van der Waals surface area contributed by atoms with Gasteiger partial charge in [-0.3, -0.25) is 9.97 Å². The Bertz CT molecular complexity index is 1190. The van der Waals surface area contributed by atoms with E-state index in [0.717, 1.165) is 44.8 Å². The largest absolute Gasteiger partial charge is 0.464 e. The van der Waals surface area contributed by atoms with Crippen LogP contribution in [0.4, 0.5) is 5.82 Å². The molecule has 5 heterocycles. The highest BCUT2D eigenvalue weighted by atomic mass is 16.3. The molecule has 2 N–H and O–H groups in total. The minimum absolute atomic E-state index is 0.600. The van der Waals surface area contributed by atoms with Crippen LogP contribution in [0.5, 0.6) is 0 Å². The second-order valence-corrected chi connectivity index (χ2v) is 5.96. The van der Waals surface area contributed by atoms with E-state index in [4.69, 9.17) is 4.42 Å². The molecule has 0 aliphatic heterocycles. The van der Waals surface area contributed by atoms with Crippen LogP contribution in [0, 0.1) is 0 Å². The van der Waals surface area contributed by atoms with Crippen molar-refractivity contribution >= 4 is 27.8 Å². The third-order valence-corrected chi connectivity index (χ3v) is 4.34. The first-order valence-electron chi connectivity index (χ1n) is 8.33. The second-order valence-electron chi connectivity index (χ2n) is 5.96. The van der Waals surface area contributed by atoms with Crippen molar-refractivity contribution in [2.45, 2.75) is 6.54 Å². The van der Waals surface area contributed by atoms with E-state index in [1.54, 1.807) is 18.7 Å². The van der Waals surface area contributed by atoms with Crippen molar-refractivity contribution in [3.63, 3.8) is 0 Å². The van der Waals surface area contributed by atoms with E-state index < -0.39 is 0 Å². The van der Waals surface area contributed by atoms with Crippen LogP contribution in [0.25, 0.3) is 33.3 Å². The van der Waals surface area contributed by atoms with Crippen molar-refractivity contribution in [1.29, 1.82) is 0 Å². The van der Waals surface area contributed by atoms with E-state index in [9.17, 15) is 0 Å². The van der Waals surface area contributed by atoms with Gasteiger partial charge in [0.1, 0.15) is 17.0 Å². The molecule has 0 saturated heterocycles. The van der Waals surface area contributed by atoms with Crippen molar-refractivity contribution in [3.8, 4) is 11.3 Å². The Hall–Kier alpha value is -3.67. The average molecular weight is 341 g/mol. The van der Waals surface area contributed by atoms with Crippen LogP contribution in [-0.4, -0.2) is 19.9 Å². The number of hydrogen-bond donors (Lipinski definition) is 2. The van der Waals surface area contributed by atoms with Gasteiger partial charge in [-0.25, -0.2) is 4.98 Å². The molecule has 0 bridgehead atoms. The maximum atomic E-state index is 5.52. The summed E-state index contributed by atoms with van der Waals surface area (Å²) in [6.07, 6.45) is 7.12. The molecule has 0 spiro atoms. The number of anilines is 1. The standard InChI is InChI=1S/C20H15N5O/c1-2-7-21-13(3-1)12-24-18-11-16(14-4-8-23-20(14)25-18)19-15-6-10-26-17(15)5-9-22-19/h1-11H,12H2,(H2,23,24,25). The van der Waals surface area contributed by atoms with Gasteiger partial charge in [0.15, 0.2) is 0 Å². The van der Waals surface area contributed by atoms with Crippen molar-refractivity contribution in [2.75, 3.05) is 5.32 Å². The lowest BCUT2D eigenvalue weighted by Crippen LogP contribution is -2.03. The number of fused-ring (bicyclic) bond motifs is 2. The predicted octanol–water partition coefficient (Wildman–Crippen LogP) is 4.38. The third-order valence-electron chi connectivity index (χ3n) is 4.34. The molecular weight excluding hydrogens is 326 g/mol. The van der Waals surface area contributed by atoms with Crippen LogP contribution in [0.15, 0.2) is 71.7 Å². The van der Waals surface area contributed by atoms with Crippen LogP contribution in [0.3, 0.4) is 0 Å². The summed E-state index contributed by atoms with van der Waals surface area (Å²) in [4.78, 5) is 16.8. The van der Waals surface area contributed by atoms with Gasteiger partial charge in [-0.15, -0.1) is 0 Å². The number of nitrogens with zero attached hydrogens (tertiary/aromatic N) is 3. The maximum absolute atomic E-state index is 5.52. The zero-order valence-electron chi connectivity index (χ0n) is 13.8. The number of pyridine rings is 3. The molecule has 0 saturated carbocycles. The molecule has 5 aromatic heterocycles. The van der Waals surface area contributed by atoms with Gasteiger partial charge in [0, 0.05) is 34.9 Å². The van der Waals surface area contributed by atoms with Crippen LogP contribution in [-0.2, 0) is 6.54 Å². The fraction of sp³-hybridized carbons (Fsp3) is 0.0500. The van der Waals surface area contributed by atoms with Crippen LogP contribution < -0.4 is 5.32 Å². The van der Waals surface area contributed by atoms with Gasteiger partial charge in [-0.2, -0.15) is 0 Å². The summed E-state index contributed by atoms with van der Waals surface area (Å²) in [7, 11) is 0. The highest BCUT2D eigenvalue weighted by Crippen LogP contribution is 2.33. The maximum Gasteiger partial charge on any atom is 0.140 e. The Morgan fingerprint density at radius 1 is 1.00 bits per heavy atom. The first-order chi connectivity index (χ1) is 12.9. The summed E-state index contributed by atoms with van der Waals surface area (Å²) < 4.78 is 5.52. The van der Waals surface area contributed by atoms with Crippen LogP contribution in [0.2, 0.25) is 0 Å². The van der Waals surface area contributed by atoms with Gasteiger partial charge < -0.3 is 14.7 Å². The summed E-state index contributed by atoms with van der Waals surface area (Å²) in [5.74, 6) is 0.767. The molecule has 0 atom stereocenters. The number of aromatic amines is 1. The third kappa shape index (κ3) is 2.48. The Morgan fingerprint density at radius 2 is 2.00 bits per heavy atom. The molecule has 5 rings (SSSR count). The van der Waals surface area contributed by atoms with Crippen molar-refractivity contribution in [1.82, 2.24) is 19.9 Å². The molecule has 0 aliphatic rings. The van der Waals surface area contributed by atoms with E-state index in [0.29, 0.717) is 6.54 Å². The highest BCUT2D eigenvalue weighted by Gasteiger charge is 2.14. The van der Waals surface area contributed by atoms with Crippen molar-refractivity contribution in [3.05, 3.63) is 73.0 Å². The lowest BCUT2D eigenvalue weighted by molar-refractivity contribution is 0.615. The summed E-state index contributed by atoms with van der Waals surface area (Å²) in [5, 5.41) is 5.36. The quantitative estimate of drug-likeness (QED) is 0.507. The van der Waals surface area contributed by atoms with Gasteiger partial charge >= 0.3 is 0 Å². The molecule has 0 amide bonds. The summed E-state index contributed by atoms with van der Waals surface area (Å²) >= 11 is 0. The first kappa shape index (κ1) is 14.7. The minimum Gasteiger partial charge on any atom is -0.464 e. The normalized spacial score (nSPS) is 11.2. The highest BCUT2D eigenvalue weighted by molar-refractivity contribution is 6.01. The average Bonchev–Trinajstić information content (AvgIpc) is 3.35. The lowest BCUT2D eigenvalue weighted by Gasteiger charge is -2.09. The zero-order chi connectivity index (χ0) is 17.3. The molecule has 0 fully saturated rings. The predicted molar refractivity (Wildman–Crippen MR) is 101 cm³/mol. The van der Waals surface area contributed by atoms with E-state index in [1.165, 1.54) is 0 Å². The number of nitrogens with one attached hydrogen (secondary N) is 2. The smallest absolute Gasteiger partial charge is 0.140 e. The molecule has 0 aromatic carbocycles. The van der Waals surface area contributed by atoms with Gasteiger partial charge in [0.05, 0.1) is 24.2 Å². The fourth-order valence-corrected chi connectivity index (χ4v) is 3.12. The molecular formula is C20H15N5O.